The number of hydrogen-bond donors (Lipinski definition) is 0. The Hall–Kier alpha value is -0.770. The normalized spacial score (nSPS) is 11.1. The Morgan fingerprint density at radius 3 is 2.53 bits per heavy atom. The molecular weight excluding hydrogens is 285 g/mol. The fourth-order valence-electron chi connectivity index (χ4n) is 1.31. The Morgan fingerprint density at radius 2 is 2.00 bits per heavy atom. The predicted molar refractivity (Wildman–Crippen MR) is 81.4 cm³/mol. The van der Waals surface area contributed by atoms with Crippen molar-refractivity contribution in [2.45, 2.75) is 26.3 Å². The van der Waals surface area contributed by atoms with E-state index in [9.17, 15) is 4.79 Å². The molecule has 1 aromatic rings. The molecule has 0 amide bonds. The first-order chi connectivity index (χ1) is 8.30. The van der Waals surface area contributed by atoms with Crippen LogP contribution in [0.1, 0.15) is 31.1 Å². The summed E-state index contributed by atoms with van der Waals surface area (Å²) in [5.41, 5.74) is 0.559. The van der Waals surface area contributed by atoms with Crippen molar-refractivity contribution < 1.29 is 9.53 Å². The van der Waals surface area contributed by atoms with E-state index in [0.717, 1.165) is 0 Å². The molecule has 0 fully saturated rings. The summed E-state index contributed by atoms with van der Waals surface area (Å²) in [6.07, 6.45) is 0. The minimum atomic E-state index is -0.334. The van der Waals surface area contributed by atoms with Crippen LogP contribution in [-0.4, -0.2) is 36.6 Å². The van der Waals surface area contributed by atoms with Crippen LogP contribution in [0.2, 0.25) is 5.02 Å². The lowest BCUT2D eigenvalue weighted by atomic mass is 10.1. The Labute approximate surface area is 126 Å². The zero-order chi connectivity index (χ0) is 13.8. The molecular formula is C14H21Cl2NO2. The second-order valence-electron chi connectivity index (χ2n) is 5.24. The summed E-state index contributed by atoms with van der Waals surface area (Å²) in [4.78, 5) is 13.9. The van der Waals surface area contributed by atoms with Crippen LogP contribution in [0.4, 0.5) is 0 Å². The van der Waals surface area contributed by atoms with Gasteiger partial charge in [-0.3, -0.25) is 4.90 Å². The summed E-state index contributed by atoms with van der Waals surface area (Å²) >= 11 is 5.82. The van der Waals surface area contributed by atoms with Crippen molar-refractivity contribution in [3.8, 4) is 0 Å². The first-order valence-corrected chi connectivity index (χ1v) is 6.32. The largest absolute Gasteiger partial charge is 0.461 e. The van der Waals surface area contributed by atoms with Crippen LogP contribution in [-0.2, 0) is 4.74 Å². The molecule has 0 atom stereocenters. The van der Waals surface area contributed by atoms with Gasteiger partial charge in [-0.05, 0) is 46.0 Å². The van der Waals surface area contributed by atoms with E-state index >= 15 is 0 Å². The zero-order valence-corrected chi connectivity index (χ0v) is 13.3. The van der Waals surface area contributed by atoms with Crippen LogP contribution in [0.15, 0.2) is 24.3 Å². The van der Waals surface area contributed by atoms with Gasteiger partial charge in [-0.2, -0.15) is 0 Å². The number of esters is 1. The smallest absolute Gasteiger partial charge is 0.338 e. The summed E-state index contributed by atoms with van der Waals surface area (Å²) in [6, 6.07) is 6.77. The minimum Gasteiger partial charge on any atom is -0.461 e. The molecule has 0 saturated carbocycles. The second kappa shape index (κ2) is 7.73. The van der Waals surface area contributed by atoms with Crippen molar-refractivity contribution in [1.29, 1.82) is 0 Å². The van der Waals surface area contributed by atoms with Gasteiger partial charge in [0, 0.05) is 17.1 Å². The van der Waals surface area contributed by atoms with E-state index in [4.69, 9.17) is 16.3 Å². The summed E-state index contributed by atoms with van der Waals surface area (Å²) in [7, 11) is 2.01. The maximum atomic E-state index is 11.7. The monoisotopic (exact) mass is 305 g/mol. The van der Waals surface area contributed by atoms with Crippen LogP contribution < -0.4 is 0 Å². The molecule has 0 aromatic heterocycles. The molecule has 1 aromatic carbocycles. The van der Waals surface area contributed by atoms with E-state index in [1.165, 1.54) is 0 Å². The maximum Gasteiger partial charge on any atom is 0.338 e. The fourth-order valence-corrected chi connectivity index (χ4v) is 1.50. The van der Waals surface area contributed by atoms with E-state index in [2.05, 4.69) is 25.7 Å². The summed E-state index contributed by atoms with van der Waals surface area (Å²) in [6.45, 7) is 7.43. The van der Waals surface area contributed by atoms with Crippen LogP contribution in [0, 0.1) is 0 Å². The quantitative estimate of drug-likeness (QED) is 0.795. The number of halogens is 2. The Kier molecular flexibility index (Phi) is 7.42. The molecule has 0 saturated heterocycles. The average Bonchev–Trinajstić information content (AvgIpc) is 2.27. The van der Waals surface area contributed by atoms with Crippen molar-refractivity contribution in [3.05, 3.63) is 34.9 Å². The molecule has 1 rings (SSSR count). The molecule has 0 N–H and O–H groups in total. The molecule has 108 valence electrons. The van der Waals surface area contributed by atoms with Gasteiger partial charge in [0.05, 0.1) is 5.56 Å². The highest BCUT2D eigenvalue weighted by molar-refractivity contribution is 6.30. The SMILES string of the molecule is CN(CCOC(=O)c1cccc(Cl)c1)C(C)(C)C.Cl. The van der Waals surface area contributed by atoms with Crippen molar-refractivity contribution in [1.82, 2.24) is 4.90 Å². The third-order valence-electron chi connectivity index (χ3n) is 2.87. The van der Waals surface area contributed by atoms with Crippen molar-refractivity contribution >= 4 is 30.0 Å². The van der Waals surface area contributed by atoms with Gasteiger partial charge in [0.25, 0.3) is 0 Å². The van der Waals surface area contributed by atoms with E-state index in [-0.39, 0.29) is 23.9 Å². The summed E-state index contributed by atoms with van der Waals surface area (Å²) < 4.78 is 5.21. The lowest BCUT2D eigenvalue weighted by molar-refractivity contribution is 0.0423. The number of carbonyl (C=O) groups excluding carboxylic acids is 1. The summed E-state index contributed by atoms with van der Waals surface area (Å²) in [5, 5.41) is 0.538. The number of hydrogen-bond acceptors (Lipinski definition) is 3. The first kappa shape index (κ1) is 18.2. The second-order valence-corrected chi connectivity index (χ2v) is 5.68. The molecule has 0 bridgehead atoms. The maximum absolute atomic E-state index is 11.7. The molecule has 0 radical (unpaired) electrons. The van der Waals surface area contributed by atoms with Gasteiger partial charge in [0.2, 0.25) is 0 Å². The predicted octanol–water partition coefficient (Wildman–Crippen LogP) is 3.65. The van der Waals surface area contributed by atoms with Crippen LogP contribution in [0.3, 0.4) is 0 Å². The van der Waals surface area contributed by atoms with Gasteiger partial charge in [-0.15, -0.1) is 12.4 Å². The van der Waals surface area contributed by atoms with Gasteiger partial charge >= 0.3 is 5.97 Å². The van der Waals surface area contributed by atoms with Crippen LogP contribution in [0.5, 0.6) is 0 Å². The number of likely N-dealkylation sites (N-methyl/N-ethyl adjacent to an activating group) is 1. The molecule has 3 nitrogen and oxygen atoms in total. The number of rotatable bonds is 4. The molecule has 0 heterocycles. The van der Waals surface area contributed by atoms with Crippen molar-refractivity contribution in [2.24, 2.45) is 0 Å². The van der Waals surface area contributed by atoms with Gasteiger partial charge in [-0.25, -0.2) is 4.79 Å². The van der Waals surface area contributed by atoms with Gasteiger partial charge in [0.15, 0.2) is 0 Å². The van der Waals surface area contributed by atoms with Crippen LogP contribution >= 0.6 is 24.0 Å². The van der Waals surface area contributed by atoms with Crippen molar-refractivity contribution in [2.75, 3.05) is 20.2 Å². The molecule has 5 heteroatoms. The summed E-state index contributed by atoms with van der Waals surface area (Å²) in [5.74, 6) is -0.334. The average molecular weight is 306 g/mol. The Morgan fingerprint density at radius 1 is 1.37 bits per heavy atom. The van der Waals surface area contributed by atoms with E-state index < -0.39 is 0 Å². The highest BCUT2D eigenvalue weighted by Crippen LogP contribution is 2.12. The van der Waals surface area contributed by atoms with Gasteiger partial charge in [-0.1, -0.05) is 17.7 Å². The highest BCUT2D eigenvalue weighted by atomic mass is 35.5. The van der Waals surface area contributed by atoms with Gasteiger partial charge < -0.3 is 4.74 Å². The fraction of sp³-hybridized carbons (Fsp3) is 0.500. The molecule has 0 unspecified atom stereocenters. The molecule has 0 aliphatic heterocycles. The first-order valence-electron chi connectivity index (χ1n) is 5.94. The standard InChI is InChI=1S/C14H20ClNO2.ClH/c1-14(2,3)16(4)8-9-18-13(17)11-6-5-7-12(15)10-11;/h5-7,10H,8-9H2,1-4H3;1H. The molecule has 0 aliphatic carbocycles. The molecule has 0 aliphatic rings. The van der Waals surface area contributed by atoms with E-state index in [1.807, 2.05) is 7.05 Å². The van der Waals surface area contributed by atoms with Crippen LogP contribution in [0.25, 0.3) is 0 Å². The van der Waals surface area contributed by atoms with E-state index in [1.54, 1.807) is 24.3 Å². The number of nitrogens with zero attached hydrogens (tertiary/aromatic N) is 1. The minimum absolute atomic E-state index is 0. The van der Waals surface area contributed by atoms with E-state index in [0.29, 0.717) is 23.7 Å². The third-order valence-corrected chi connectivity index (χ3v) is 3.10. The topological polar surface area (TPSA) is 29.5 Å². The number of benzene rings is 1. The molecule has 0 spiro atoms. The Bertz CT molecular complexity index is 416. The number of carbonyl (C=O) groups is 1. The van der Waals surface area contributed by atoms with Gasteiger partial charge in [0.1, 0.15) is 6.61 Å². The highest BCUT2D eigenvalue weighted by Gasteiger charge is 2.17. The number of ether oxygens (including phenoxy) is 1. The lowest BCUT2D eigenvalue weighted by Crippen LogP contribution is -2.40. The molecule has 19 heavy (non-hydrogen) atoms. The Balaban J connectivity index is 0.00000324. The zero-order valence-electron chi connectivity index (χ0n) is 11.8. The lowest BCUT2D eigenvalue weighted by Gasteiger charge is -2.31. The third kappa shape index (κ3) is 6.28. The van der Waals surface area contributed by atoms with Crippen molar-refractivity contribution in [3.63, 3.8) is 0 Å².